The zero-order chi connectivity index (χ0) is 13.2. The summed E-state index contributed by atoms with van der Waals surface area (Å²) in [7, 11) is 1.47. The first-order valence-electron chi connectivity index (χ1n) is 4.98. The molecule has 0 N–H and O–H groups in total. The number of ether oxygens (including phenoxy) is 1. The van der Waals surface area contributed by atoms with Crippen LogP contribution in [0.1, 0.15) is 20.8 Å². The number of anilines is 1. The van der Waals surface area contributed by atoms with Crippen molar-refractivity contribution in [2.75, 3.05) is 11.9 Å². The van der Waals surface area contributed by atoms with Crippen molar-refractivity contribution in [3.05, 3.63) is 23.2 Å². The average Bonchev–Trinajstić information content (AvgIpc) is 2.18. The normalized spacial score (nSPS) is 11.2. The Bertz CT molecular complexity index is 432. The summed E-state index contributed by atoms with van der Waals surface area (Å²) in [5.41, 5.74) is -0.329. The number of carbonyl (C=O) groups excluding carboxylic acids is 1. The van der Waals surface area contributed by atoms with Crippen LogP contribution in [0.15, 0.2) is 12.3 Å². The van der Waals surface area contributed by atoms with E-state index in [4.69, 9.17) is 16.3 Å². The Balaban J connectivity index is 2.85. The molecule has 1 amide bonds. The Hall–Kier alpha value is -1.36. The number of hydrogen-bond donors (Lipinski definition) is 0. The van der Waals surface area contributed by atoms with Crippen LogP contribution in [0.4, 0.5) is 14.9 Å². The molecule has 0 saturated carbocycles. The van der Waals surface area contributed by atoms with Crippen molar-refractivity contribution in [3.8, 4) is 0 Å². The Labute approximate surface area is 104 Å². The molecule has 0 radical (unpaired) electrons. The van der Waals surface area contributed by atoms with Gasteiger partial charge in [-0.05, 0) is 20.8 Å². The Kier molecular flexibility index (Phi) is 3.93. The summed E-state index contributed by atoms with van der Waals surface area (Å²) in [4.78, 5) is 16.5. The van der Waals surface area contributed by atoms with Crippen LogP contribution in [0.2, 0.25) is 5.15 Å². The first-order valence-corrected chi connectivity index (χ1v) is 5.36. The number of aromatic nitrogens is 1. The molecule has 0 atom stereocenters. The van der Waals surface area contributed by atoms with Crippen LogP contribution in [0.25, 0.3) is 0 Å². The largest absolute Gasteiger partial charge is 0.443 e. The fourth-order valence-corrected chi connectivity index (χ4v) is 1.13. The third-order valence-electron chi connectivity index (χ3n) is 1.84. The van der Waals surface area contributed by atoms with Gasteiger partial charge in [0.25, 0.3) is 0 Å². The van der Waals surface area contributed by atoms with Crippen LogP contribution in [0, 0.1) is 5.82 Å². The second-order valence-electron chi connectivity index (χ2n) is 4.51. The molecule has 1 aromatic rings. The lowest BCUT2D eigenvalue weighted by Gasteiger charge is -2.24. The van der Waals surface area contributed by atoms with Gasteiger partial charge in [-0.25, -0.2) is 14.2 Å². The Morgan fingerprint density at radius 1 is 1.53 bits per heavy atom. The highest BCUT2D eigenvalue weighted by Crippen LogP contribution is 2.20. The summed E-state index contributed by atoms with van der Waals surface area (Å²) in [6.07, 6.45) is 0.719. The van der Waals surface area contributed by atoms with Crippen LogP contribution in [0.3, 0.4) is 0 Å². The molecule has 0 bridgehead atoms. The Morgan fingerprint density at radius 3 is 2.59 bits per heavy atom. The molecule has 0 fully saturated rings. The smallest absolute Gasteiger partial charge is 0.414 e. The van der Waals surface area contributed by atoms with E-state index in [2.05, 4.69) is 4.98 Å². The maximum absolute atomic E-state index is 13.2. The molecular weight excluding hydrogens is 247 g/mol. The lowest BCUT2D eigenvalue weighted by atomic mass is 10.2. The second kappa shape index (κ2) is 4.87. The van der Waals surface area contributed by atoms with Crippen molar-refractivity contribution in [1.29, 1.82) is 0 Å². The predicted octanol–water partition coefficient (Wildman–Crippen LogP) is 3.25. The van der Waals surface area contributed by atoms with E-state index in [1.807, 2.05) is 0 Å². The van der Waals surface area contributed by atoms with Crippen molar-refractivity contribution in [2.45, 2.75) is 26.4 Å². The standard InChI is InChI=1S/C11H14ClFN2O2/c1-11(2,3)17-10(16)15(4)7-5-8(13)9(12)14-6-7/h5-6H,1-4H3. The minimum Gasteiger partial charge on any atom is -0.443 e. The first-order chi connectivity index (χ1) is 7.70. The van der Waals surface area contributed by atoms with Crippen LogP contribution in [0.5, 0.6) is 0 Å². The topological polar surface area (TPSA) is 42.4 Å². The second-order valence-corrected chi connectivity index (χ2v) is 4.86. The lowest BCUT2D eigenvalue weighted by Crippen LogP contribution is -2.34. The van der Waals surface area contributed by atoms with E-state index >= 15 is 0 Å². The van der Waals surface area contributed by atoms with Crippen molar-refractivity contribution >= 4 is 23.4 Å². The maximum atomic E-state index is 13.2. The van der Waals surface area contributed by atoms with Crippen LogP contribution >= 0.6 is 11.6 Å². The fraction of sp³-hybridized carbons (Fsp3) is 0.455. The number of hydrogen-bond acceptors (Lipinski definition) is 3. The molecule has 17 heavy (non-hydrogen) atoms. The molecule has 0 unspecified atom stereocenters. The highest BCUT2D eigenvalue weighted by Gasteiger charge is 2.21. The highest BCUT2D eigenvalue weighted by atomic mass is 35.5. The average molecular weight is 261 g/mol. The van der Waals surface area contributed by atoms with Crippen molar-refractivity contribution < 1.29 is 13.9 Å². The predicted molar refractivity (Wildman–Crippen MR) is 63.8 cm³/mol. The lowest BCUT2D eigenvalue weighted by molar-refractivity contribution is 0.0589. The maximum Gasteiger partial charge on any atom is 0.414 e. The van der Waals surface area contributed by atoms with Crippen molar-refractivity contribution in [2.24, 2.45) is 0 Å². The van der Waals surface area contributed by atoms with Gasteiger partial charge in [0.1, 0.15) is 5.60 Å². The number of pyridine rings is 1. The van der Waals surface area contributed by atoms with E-state index in [0.717, 1.165) is 11.0 Å². The molecule has 1 aromatic heterocycles. The van der Waals surface area contributed by atoms with Gasteiger partial charge < -0.3 is 4.74 Å². The molecule has 1 heterocycles. The molecule has 6 heteroatoms. The zero-order valence-corrected chi connectivity index (χ0v) is 10.9. The summed E-state index contributed by atoms with van der Waals surface area (Å²) >= 11 is 5.45. The van der Waals surface area contributed by atoms with Crippen molar-refractivity contribution in [3.63, 3.8) is 0 Å². The van der Waals surface area contributed by atoms with Gasteiger partial charge in [-0.1, -0.05) is 11.6 Å². The Morgan fingerprint density at radius 2 is 2.12 bits per heavy atom. The summed E-state index contributed by atoms with van der Waals surface area (Å²) < 4.78 is 18.3. The minimum absolute atomic E-state index is 0.230. The van der Waals surface area contributed by atoms with Gasteiger partial charge in [0.2, 0.25) is 0 Å². The molecule has 0 spiro atoms. The van der Waals surface area contributed by atoms with Gasteiger partial charge in [-0.2, -0.15) is 0 Å². The first kappa shape index (κ1) is 13.7. The molecule has 94 valence electrons. The molecule has 0 aromatic carbocycles. The summed E-state index contributed by atoms with van der Waals surface area (Å²) in [5.74, 6) is -0.681. The minimum atomic E-state index is -0.681. The fourth-order valence-electron chi connectivity index (χ4n) is 1.03. The van der Waals surface area contributed by atoms with Crippen LogP contribution in [-0.2, 0) is 4.74 Å². The van der Waals surface area contributed by atoms with Crippen LogP contribution in [-0.4, -0.2) is 23.7 Å². The monoisotopic (exact) mass is 260 g/mol. The zero-order valence-electron chi connectivity index (χ0n) is 10.1. The third-order valence-corrected chi connectivity index (χ3v) is 2.11. The number of rotatable bonds is 1. The molecule has 0 aliphatic heterocycles. The highest BCUT2D eigenvalue weighted by molar-refractivity contribution is 6.29. The van der Waals surface area contributed by atoms with E-state index in [0.29, 0.717) is 0 Å². The van der Waals surface area contributed by atoms with Crippen LogP contribution < -0.4 is 4.90 Å². The SMILES string of the molecule is CN(C(=O)OC(C)(C)C)c1cnc(Cl)c(F)c1. The summed E-state index contributed by atoms with van der Waals surface area (Å²) in [6.45, 7) is 5.25. The van der Waals surface area contributed by atoms with Gasteiger partial charge in [0.05, 0.1) is 11.9 Å². The van der Waals surface area contributed by atoms with E-state index in [9.17, 15) is 9.18 Å². The van der Waals surface area contributed by atoms with Gasteiger partial charge in [-0.15, -0.1) is 0 Å². The quantitative estimate of drug-likeness (QED) is 0.728. The van der Waals surface area contributed by atoms with Gasteiger partial charge >= 0.3 is 6.09 Å². The van der Waals surface area contributed by atoms with Gasteiger partial charge in [-0.3, -0.25) is 4.90 Å². The van der Waals surface area contributed by atoms with E-state index < -0.39 is 17.5 Å². The van der Waals surface area contributed by atoms with Gasteiger partial charge in [0, 0.05) is 13.1 Å². The van der Waals surface area contributed by atoms with E-state index in [1.54, 1.807) is 20.8 Å². The molecule has 0 aliphatic rings. The number of halogens is 2. The molecule has 1 rings (SSSR count). The third kappa shape index (κ3) is 3.85. The molecule has 0 aliphatic carbocycles. The summed E-state index contributed by atoms with van der Waals surface area (Å²) in [6, 6.07) is 1.12. The molecule has 4 nitrogen and oxygen atoms in total. The summed E-state index contributed by atoms with van der Waals surface area (Å²) in [5, 5.41) is -0.230. The molecule has 0 saturated heterocycles. The van der Waals surface area contributed by atoms with Gasteiger partial charge in [0.15, 0.2) is 11.0 Å². The van der Waals surface area contributed by atoms with E-state index in [-0.39, 0.29) is 10.8 Å². The number of carbonyl (C=O) groups is 1. The van der Waals surface area contributed by atoms with Crippen molar-refractivity contribution in [1.82, 2.24) is 4.98 Å². The van der Waals surface area contributed by atoms with E-state index in [1.165, 1.54) is 13.2 Å². The molecular formula is C11H14ClFN2O2. The number of nitrogens with zero attached hydrogens (tertiary/aromatic N) is 2. The number of amides is 1.